The Balaban J connectivity index is 2.32. The monoisotopic (exact) mass is 248 g/mol. The Morgan fingerprint density at radius 1 is 1.50 bits per heavy atom. The van der Waals surface area contributed by atoms with Crippen LogP contribution in [0.15, 0.2) is 30.5 Å². The first-order chi connectivity index (χ1) is 8.49. The largest absolute Gasteiger partial charge is 0.396 e. The number of aryl methyl sites for hydroxylation is 1. The number of halogens is 1. The van der Waals surface area contributed by atoms with Gasteiger partial charge in [0.25, 0.3) is 5.91 Å². The van der Waals surface area contributed by atoms with Crippen molar-refractivity contribution in [3.8, 4) is 0 Å². The van der Waals surface area contributed by atoms with Crippen molar-refractivity contribution >= 4 is 17.3 Å². The van der Waals surface area contributed by atoms with Gasteiger partial charge in [0.2, 0.25) is 0 Å². The van der Waals surface area contributed by atoms with Gasteiger partial charge in [0.1, 0.15) is 5.82 Å². The van der Waals surface area contributed by atoms with Crippen LogP contribution in [0.3, 0.4) is 0 Å². The Hall–Kier alpha value is -2.37. The lowest BCUT2D eigenvalue weighted by Crippen LogP contribution is -2.27. The molecule has 1 amide bonds. The molecule has 2 N–H and O–H groups in total. The van der Waals surface area contributed by atoms with Gasteiger partial charge in [0.05, 0.1) is 5.69 Å². The average Bonchev–Trinajstić information content (AvgIpc) is 2.66. The predicted molar refractivity (Wildman–Crippen MR) is 66.8 cm³/mol. The van der Waals surface area contributed by atoms with Gasteiger partial charge in [-0.3, -0.25) is 9.48 Å². The molecule has 6 heteroatoms. The molecule has 0 radical (unpaired) electrons. The number of benzene rings is 1. The highest BCUT2D eigenvalue weighted by Gasteiger charge is 2.19. The molecule has 0 saturated heterocycles. The summed E-state index contributed by atoms with van der Waals surface area (Å²) < 4.78 is 14.6. The quantitative estimate of drug-likeness (QED) is 0.874. The minimum Gasteiger partial charge on any atom is -0.396 e. The number of nitrogens with two attached hydrogens (primary N) is 1. The second-order valence-electron chi connectivity index (χ2n) is 3.95. The lowest BCUT2D eigenvalue weighted by Gasteiger charge is -2.16. The fourth-order valence-electron chi connectivity index (χ4n) is 1.63. The minimum absolute atomic E-state index is 0.157. The van der Waals surface area contributed by atoms with E-state index in [-0.39, 0.29) is 11.6 Å². The molecule has 0 atom stereocenters. The highest BCUT2D eigenvalue weighted by atomic mass is 19.1. The molecule has 0 unspecified atom stereocenters. The second kappa shape index (κ2) is 4.48. The summed E-state index contributed by atoms with van der Waals surface area (Å²) in [6, 6.07) is 5.77. The van der Waals surface area contributed by atoms with Gasteiger partial charge in [-0.05, 0) is 18.2 Å². The van der Waals surface area contributed by atoms with Crippen molar-refractivity contribution in [3.63, 3.8) is 0 Å². The minimum atomic E-state index is -0.402. The SMILES string of the molecule is CN(C(=O)c1nn(C)cc1N)c1cccc(F)c1. The molecular weight excluding hydrogens is 235 g/mol. The second-order valence-corrected chi connectivity index (χ2v) is 3.95. The fraction of sp³-hybridized carbons (Fsp3) is 0.167. The number of amides is 1. The molecule has 0 aliphatic heterocycles. The number of hydrogen-bond donors (Lipinski definition) is 1. The lowest BCUT2D eigenvalue weighted by atomic mass is 10.2. The Kier molecular flexibility index (Phi) is 3.01. The summed E-state index contributed by atoms with van der Waals surface area (Å²) in [5.74, 6) is -0.778. The molecule has 1 aromatic heterocycles. The molecule has 2 aromatic rings. The van der Waals surface area contributed by atoms with E-state index in [1.807, 2.05) is 0 Å². The van der Waals surface area contributed by atoms with Crippen LogP contribution in [0.2, 0.25) is 0 Å². The number of rotatable bonds is 2. The van der Waals surface area contributed by atoms with E-state index in [1.165, 1.54) is 27.8 Å². The molecular formula is C12H13FN4O. The Morgan fingerprint density at radius 3 is 2.78 bits per heavy atom. The molecule has 0 aliphatic carbocycles. The Labute approximate surface area is 104 Å². The van der Waals surface area contributed by atoms with Crippen LogP contribution in [0.25, 0.3) is 0 Å². The smallest absolute Gasteiger partial charge is 0.280 e. The number of anilines is 2. The van der Waals surface area contributed by atoms with Crippen molar-refractivity contribution < 1.29 is 9.18 Å². The summed E-state index contributed by atoms with van der Waals surface area (Å²) in [4.78, 5) is 13.4. The van der Waals surface area contributed by atoms with E-state index < -0.39 is 5.82 Å². The van der Waals surface area contributed by atoms with E-state index in [1.54, 1.807) is 26.4 Å². The summed E-state index contributed by atoms with van der Waals surface area (Å²) in [5.41, 5.74) is 6.59. The molecule has 2 rings (SSSR count). The van der Waals surface area contributed by atoms with Crippen LogP contribution in [0.5, 0.6) is 0 Å². The number of nitrogen functional groups attached to an aromatic ring is 1. The van der Waals surface area contributed by atoms with Crippen LogP contribution in [0.1, 0.15) is 10.5 Å². The molecule has 94 valence electrons. The molecule has 1 aromatic carbocycles. The highest BCUT2D eigenvalue weighted by molar-refractivity contribution is 6.07. The van der Waals surface area contributed by atoms with Gasteiger partial charge in [0.15, 0.2) is 5.69 Å². The van der Waals surface area contributed by atoms with Crippen LogP contribution in [0.4, 0.5) is 15.8 Å². The first-order valence-corrected chi connectivity index (χ1v) is 5.32. The van der Waals surface area contributed by atoms with Gasteiger partial charge >= 0.3 is 0 Å². The van der Waals surface area contributed by atoms with Gasteiger partial charge < -0.3 is 10.6 Å². The number of hydrogen-bond acceptors (Lipinski definition) is 3. The van der Waals surface area contributed by atoms with Crippen LogP contribution in [-0.2, 0) is 7.05 Å². The molecule has 0 aliphatic rings. The Morgan fingerprint density at radius 2 is 2.22 bits per heavy atom. The maximum Gasteiger partial charge on any atom is 0.280 e. The van der Waals surface area contributed by atoms with Crippen molar-refractivity contribution in [3.05, 3.63) is 42.0 Å². The summed E-state index contributed by atoms with van der Waals surface area (Å²) in [7, 11) is 3.22. The molecule has 0 bridgehead atoms. The number of carbonyl (C=O) groups excluding carboxylic acids is 1. The molecule has 5 nitrogen and oxygen atoms in total. The first kappa shape index (κ1) is 12.1. The van der Waals surface area contributed by atoms with E-state index in [0.717, 1.165) is 0 Å². The third-order valence-corrected chi connectivity index (χ3v) is 2.56. The standard InChI is InChI=1S/C12H13FN4O/c1-16-7-10(14)11(15-16)12(18)17(2)9-5-3-4-8(13)6-9/h3-7H,14H2,1-2H3. The van der Waals surface area contributed by atoms with E-state index in [0.29, 0.717) is 11.4 Å². The van der Waals surface area contributed by atoms with Crippen molar-refractivity contribution in [2.24, 2.45) is 7.05 Å². The van der Waals surface area contributed by atoms with Gasteiger partial charge in [-0.15, -0.1) is 0 Å². The van der Waals surface area contributed by atoms with E-state index >= 15 is 0 Å². The maximum atomic E-state index is 13.1. The van der Waals surface area contributed by atoms with Gasteiger partial charge in [-0.25, -0.2) is 4.39 Å². The number of aromatic nitrogens is 2. The van der Waals surface area contributed by atoms with Gasteiger partial charge in [-0.1, -0.05) is 6.07 Å². The third kappa shape index (κ3) is 2.17. The summed E-state index contributed by atoms with van der Waals surface area (Å²) >= 11 is 0. The van der Waals surface area contributed by atoms with Crippen LogP contribution in [0, 0.1) is 5.82 Å². The zero-order valence-corrected chi connectivity index (χ0v) is 10.1. The molecule has 1 heterocycles. The van der Waals surface area contributed by atoms with E-state index in [2.05, 4.69) is 5.10 Å². The summed E-state index contributed by atoms with van der Waals surface area (Å²) in [6.07, 6.45) is 1.55. The predicted octanol–water partition coefficient (Wildman–Crippen LogP) is 1.42. The molecule has 0 fully saturated rings. The zero-order chi connectivity index (χ0) is 13.3. The normalized spacial score (nSPS) is 10.4. The van der Waals surface area contributed by atoms with E-state index in [4.69, 9.17) is 5.73 Å². The average molecular weight is 248 g/mol. The highest BCUT2D eigenvalue weighted by Crippen LogP contribution is 2.18. The topological polar surface area (TPSA) is 64.2 Å². The van der Waals surface area contributed by atoms with Gasteiger partial charge in [0, 0.05) is 26.0 Å². The molecule has 18 heavy (non-hydrogen) atoms. The van der Waals surface area contributed by atoms with Crippen molar-refractivity contribution in [1.29, 1.82) is 0 Å². The summed E-state index contributed by atoms with van der Waals surface area (Å²) in [5, 5.41) is 3.99. The zero-order valence-electron chi connectivity index (χ0n) is 10.1. The molecule has 0 saturated carbocycles. The number of nitrogens with zero attached hydrogens (tertiary/aromatic N) is 3. The van der Waals surface area contributed by atoms with E-state index in [9.17, 15) is 9.18 Å². The fourth-order valence-corrected chi connectivity index (χ4v) is 1.63. The number of carbonyl (C=O) groups is 1. The van der Waals surface area contributed by atoms with Crippen molar-refractivity contribution in [1.82, 2.24) is 9.78 Å². The first-order valence-electron chi connectivity index (χ1n) is 5.32. The Bertz CT molecular complexity index is 594. The van der Waals surface area contributed by atoms with Crippen LogP contribution < -0.4 is 10.6 Å². The third-order valence-electron chi connectivity index (χ3n) is 2.56. The summed E-state index contributed by atoms with van der Waals surface area (Å²) in [6.45, 7) is 0. The molecule has 0 spiro atoms. The van der Waals surface area contributed by atoms with Gasteiger partial charge in [-0.2, -0.15) is 5.10 Å². The maximum absolute atomic E-state index is 13.1. The van der Waals surface area contributed by atoms with Crippen molar-refractivity contribution in [2.45, 2.75) is 0 Å². The van der Waals surface area contributed by atoms with Crippen LogP contribution >= 0.6 is 0 Å². The lowest BCUT2D eigenvalue weighted by molar-refractivity contribution is 0.0988. The van der Waals surface area contributed by atoms with Crippen molar-refractivity contribution in [2.75, 3.05) is 17.7 Å². The van der Waals surface area contributed by atoms with Crippen LogP contribution in [-0.4, -0.2) is 22.7 Å².